The number of allylic oxidation sites excluding steroid dienone is 4. The van der Waals surface area contributed by atoms with E-state index in [2.05, 4.69) is 38.9 Å². The van der Waals surface area contributed by atoms with Gasteiger partial charge in [-0.1, -0.05) is 6.08 Å². The highest BCUT2D eigenvalue weighted by Gasteiger charge is 2.21. The molecule has 1 aliphatic carbocycles. The van der Waals surface area contributed by atoms with Gasteiger partial charge in [-0.3, -0.25) is 9.78 Å². The third-order valence-corrected chi connectivity index (χ3v) is 5.71. The van der Waals surface area contributed by atoms with Gasteiger partial charge in [0.05, 0.1) is 16.6 Å². The molecule has 0 radical (unpaired) electrons. The predicted octanol–water partition coefficient (Wildman–Crippen LogP) is 3.15. The Morgan fingerprint density at radius 2 is 1.83 bits per heavy atom. The molecule has 1 fully saturated rings. The minimum atomic E-state index is 0.0844. The van der Waals surface area contributed by atoms with Crippen molar-refractivity contribution in [2.75, 3.05) is 38.1 Å². The smallest absolute Gasteiger partial charge is 0.170 e. The molecular formula is C23H23N5O. The van der Waals surface area contributed by atoms with Crippen molar-refractivity contribution in [3.05, 3.63) is 66.3 Å². The number of rotatable bonds is 3. The molecule has 146 valence electrons. The van der Waals surface area contributed by atoms with Gasteiger partial charge in [0.15, 0.2) is 5.78 Å². The van der Waals surface area contributed by atoms with Gasteiger partial charge in [-0.15, -0.1) is 0 Å². The van der Waals surface area contributed by atoms with Crippen LogP contribution in [0.25, 0.3) is 22.2 Å². The molecule has 3 aromatic rings. The Morgan fingerprint density at radius 3 is 2.62 bits per heavy atom. The second kappa shape index (κ2) is 7.29. The number of H-pyrrole nitrogens is 1. The first-order chi connectivity index (χ1) is 14.2. The van der Waals surface area contributed by atoms with Crippen molar-refractivity contribution in [1.82, 2.24) is 19.9 Å². The van der Waals surface area contributed by atoms with E-state index in [1.54, 1.807) is 12.4 Å². The molecule has 1 aromatic carbocycles. The topological polar surface area (TPSA) is 65.1 Å². The number of aromatic amines is 1. The quantitative estimate of drug-likeness (QED) is 0.750. The summed E-state index contributed by atoms with van der Waals surface area (Å²) in [6.07, 6.45) is 7.81. The Bertz CT molecular complexity index is 1120. The van der Waals surface area contributed by atoms with Crippen molar-refractivity contribution < 1.29 is 4.79 Å². The van der Waals surface area contributed by atoms with Gasteiger partial charge in [-0.25, -0.2) is 4.98 Å². The van der Waals surface area contributed by atoms with Crippen molar-refractivity contribution >= 4 is 33.7 Å². The molecule has 0 atom stereocenters. The zero-order valence-electron chi connectivity index (χ0n) is 16.4. The molecule has 6 heteroatoms. The number of hydrogen-bond acceptors (Lipinski definition) is 5. The molecule has 6 nitrogen and oxygen atoms in total. The van der Waals surface area contributed by atoms with E-state index in [1.807, 2.05) is 30.4 Å². The maximum Gasteiger partial charge on any atom is 0.170 e. The Labute approximate surface area is 169 Å². The molecule has 1 aliphatic heterocycles. The minimum absolute atomic E-state index is 0.0844. The number of likely N-dealkylation sites (N-methyl/N-ethyl adjacent to an activating group) is 1. The summed E-state index contributed by atoms with van der Waals surface area (Å²) in [5, 5.41) is 0. The van der Waals surface area contributed by atoms with Gasteiger partial charge in [0.25, 0.3) is 0 Å². The summed E-state index contributed by atoms with van der Waals surface area (Å²) in [6.45, 7) is 4.18. The van der Waals surface area contributed by atoms with E-state index in [-0.39, 0.29) is 5.78 Å². The van der Waals surface area contributed by atoms with Crippen LogP contribution < -0.4 is 4.90 Å². The third kappa shape index (κ3) is 3.47. The summed E-state index contributed by atoms with van der Waals surface area (Å²) >= 11 is 0. The van der Waals surface area contributed by atoms with Crippen molar-refractivity contribution in [2.45, 2.75) is 6.42 Å². The number of aromatic nitrogens is 3. The van der Waals surface area contributed by atoms with Gasteiger partial charge in [0.2, 0.25) is 0 Å². The lowest BCUT2D eigenvalue weighted by Gasteiger charge is -2.34. The molecule has 1 N–H and O–H groups in total. The molecule has 0 spiro atoms. The maximum absolute atomic E-state index is 12.6. The van der Waals surface area contributed by atoms with Gasteiger partial charge >= 0.3 is 0 Å². The average Bonchev–Trinajstić information content (AvgIpc) is 3.18. The number of imidazole rings is 1. The number of carbonyl (C=O) groups is 1. The molecule has 3 heterocycles. The zero-order chi connectivity index (χ0) is 19.8. The average molecular weight is 385 g/mol. The largest absolute Gasteiger partial charge is 0.369 e. The number of hydrogen-bond donors (Lipinski definition) is 1. The van der Waals surface area contributed by atoms with E-state index in [0.29, 0.717) is 17.8 Å². The first kappa shape index (κ1) is 17.8. The summed E-state index contributed by atoms with van der Waals surface area (Å²) in [4.78, 5) is 29.5. The van der Waals surface area contributed by atoms with Crippen molar-refractivity contribution in [1.29, 1.82) is 0 Å². The Kier molecular flexibility index (Phi) is 4.48. The van der Waals surface area contributed by atoms with E-state index >= 15 is 0 Å². The van der Waals surface area contributed by atoms with Crippen molar-refractivity contribution in [3.8, 4) is 0 Å². The van der Waals surface area contributed by atoms with Gasteiger partial charge in [0, 0.05) is 50.7 Å². The Hall–Kier alpha value is -3.25. The molecular weight excluding hydrogens is 362 g/mol. The highest BCUT2D eigenvalue weighted by Crippen LogP contribution is 2.29. The molecule has 29 heavy (non-hydrogen) atoms. The van der Waals surface area contributed by atoms with Crippen LogP contribution in [0.5, 0.6) is 0 Å². The number of fused-ring (bicyclic) bond motifs is 1. The van der Waals surface area contributed by atoms with Crippen LogP contribution in [0.2, 0.25) is 0 Å². The van der Waals surface area contributed by atoms with Crippen LogP contribution in [-0.2, 0) is 4.79 Å². The fourth-order valence-electron chi connectivity index (χ4n) is 3.94. The molecule has 1 saturated heterocycles. The van der Waals surface area contributed by atoms with E-state index in [1.165, 1.54) is 5.69 Å². The fraction of sp³-hybridized carbons (Fsp3) is 0.261. The molecule has 0 unspecified atom stereocenters. The Morgan fingerprint density at radius 1 is 1.03 bits per heavy atom. The molecule has 0 amide bonds. The monoisotopic (exact) mass is 385 g/mol. The van der Waals surface area contributed by atoms with E-state index in [9.17, 15) is 4.79 Å². The SMILES string of the molecule is CN1CCN(c2ccc3nc(C4=CC(c5ccncc5)=CCC4=O)[nH]c3c2)CC1. The summed E-state index contributed by atoms with van der Waals surface area (Å²) < 4.78 is 0. The highest BCUT2D eigenvalue weighted by molar-refractivity contribution is 6.24. The number of carbonyl (C=O) groups excluding carboxylic acids is 1. The number of nitrogens with one attached hydrogen (secondary N) is 1. The van der Waals surface area contributed by atoms with Gasteiger partial charge in [-0.2, -0.15) is 0 Å². The lowest BCUT2D eigenvalue weighted by atomic mass is 9.94. The minimum Gasteiger partial charge on any atom is -0.369 e. The summed E-state index contributed by atoms with van der Waals surface area (Å²) in [6, 6.07) is 10.2. The number of nitrogens with zero attached hydrogens (tertiary/aromatic N) is 4. The Balaban J connectivity index is 1.47. The maximum atomic E-state index is 12.6. The third-order valence-electron chi connectivity index (χ3n) is 5.71. The molecule has 2 aromatic heterocycles. The molecule has 5 rings (SSSR count). The normalized spacial score (nSPS) is 18.1. The van der Waals surface area contributed by atoms with Crippen LogP contribution in [-0.4, -0.2) is 58.9 Å². The second-order valence-electron chi connectivity index (χ2n) is 7.66. The number of Topliss-reactive ketones (excluding diaryl/α,β-unsaturated/α-hetero) is 1. The number of piperazine rings is 1. The number of anilines is 1. The van der Waals surface area contributed by atoms with Crippen molar-refractivity contribution in [2.24, 2.45) is 0 Å². The number of ketones is 1. The molecule has 2 aliphatic rings. The van der Waals surface area contributed by atoms with Gasteiger partial charge < -0.3 is 14.8 Å². The standard InChI is InChI=1S/C23H23N5O/c1-27-10-12-28(13-11-27)18-3-4-20-21(15-18)26-23(25-20)19-14-17(2-5-22(19)29)16-6-8-24-9-7-16/h2-4,6-9,14-15H,5,10-13H2,1H3,(H,25,26). The summed E-state index contributed by atoms with van der Waals surface area (Å²) in [5.74, 6) is 0.723. The summed E-state index contributed by atoms with van der Waals surface area (Å²) in [7, 11) is 2.16. The van der Waals surface area contributed by atoms with Gasteiger partial charge in [-0.05, 0) is 54.6 Å². The van der Waals surface area contributed by atoms with E-state index in [4.69, 9.17) is 4.98 Å². The summed E-state index contributed by atoms with van der Waals surface area (Å²) in [5.41, 5.74) is 5.76. The van der Waals surface area contributed by atoms with Crippen molar-refractivity contribution in [3.63, 3.8) is 0 Å². The van der Waals surface area contributed by atoms with E-state index < -0.39 is 0 Å². The highest BCUT2D eigenvalue weighted by atomic mass is 16.1. The lowest BCUT2D eigenvalue weighted by Crippen LogP contribution is -2.44. The first-order valence-electron chi connectivity index (χ1n) is 9.96. The van der Waals surface area contributed by atoms with E-state index in [0.717, 1.165) is 48.3 Å². The van der Waals surface area contributed by atoms with Crippen LogP contribution >= 0.6 is 0 Å². The lowest BCUT2D eigenvalue weighted by molar-refractivity contribution is -0.113. The van der Waals surface area contributed by atoms with Crippen LogP contribution in [0.4, 0.5) is 5.69 Å². The van der Waals surface area contributed by atoms with Crippen LogP contribution in [0.3, 0.4) is 0 Å². The zero-order valence-corrected chi connectivity index (χ0v) is 16.4. The van der Waals surface area contributed by atoms with Crippen LogP contribution in [0.1, 0.15) is 17.8 Å². The number of benzene rings is 1. The van der Waals surface area contributed by atoms with Crippen LogP contribution in [0.15, 0.2) is 54.9 Å². The van der Waals surface area contributed by atoms with Gasteiger partial charge in [0.1, 0.15) is 5.82 Å². The number of pyridine rings is 1. The second-order valence-corrected chi connectivity index (χ2v) is 7.66. The molecule has 0 bridgehead atoms. The fourth-order valence-corrected chi connectivity index (χ4v) is 3.94. The van der Waals surface area contributed by atoms with Crippen LogP contribution in [0, 0.1) is 0 Å². The molecule has 0 saturated carbocycles. The predicted molar refractivity (Wildman–Crippen MR) is 116 cm³/mol. The first-order valence-corrected chi connectivity index (χ1v) is 9.96.